The van der Waals surface area contributed by atoms with Gasteiger partial charge in [-0.15, -0.1) is 5.10 Å². The number of carbonyl (C=O) groups is 1. The van der Waals surface area contributed by atoms with Gasteiger partial charge in [0.2, 0.25) is 5.91 Å². The number of unbranched alkanes of at least 4 members (excludes halogenated alkanes) is 1. The van der Waals surface area contributed by atoms with Crippen molar-refractivity contribution in [2.45, 2.75) is 58.2 Å². The van der Waals surface area contributed by atoms with E-state index in [1.165, 1.54) is 6.42 Å². The van der Waals surface area contributed by atoms with Crippen LogP contribution in [0.5, 0.6) is 0 Å². The summed E-state index contributed by atoms with van der Waals surface area (Å²) < 4.78 is 1.99. The molecule has 0 radical (unpaired) electrons. The molecule has 3 aliphatic heterocycles. The highest BCUT2D eigenvalue weighted by molar-refractivity contribution is 5.79. The molecule has 1 amide bonds. The first-order chi connectivity index (χ1) is 13.7. The van der Waals surface area contributed by atoms with Gasteiger partial charge >= 0.3 is 0 Å². The Morgan fingerprint density at radius 2 is 2.32 bits per heavy atom. The van der Waals surface area contributed by atoms with E-state index in [0.29, 0.717) is 18.5 Å². The molecule has 5 rings (SSSR count). The van der Waals surface area contributed by atoms with Crippen molar-refractivity contribution in [1.82, 2.24) is 30.2 Å². The summed E-state index contributed by atoms with van der Waals surface area (Å²) in [6.45, 7) is 5.56. The lowest BCUT2D eigenvalue weighted by Crippen LogP contribution is -2.58. The van der Waals surface area contributed by atoms with E-state index in [4.69, 9.17) is 0 Å². The number of piperidine rings is 3. The van der Waals surface area contributed by atoms with Gasteiger partial charge in [-0.1, -0.05) is 24.6 Å². The van der Waals surface area contributed by atoms with Crippen molar-refractivity contribution >= 4 is 5.91 Å². The van der Waals surface area contributed by atoms with Crippen molar-refractivity contribution in [3.63, 3.8) is 0 Å². The maximum Gasteiger partial charge on any atom is 0.224 e. The Hall–Kier alpha value is -2.28. The van der Waals surface area contributed by atoms with Gasteiger partial charge in [-0.25, -0.2) is 0 Å². The second-order valence-electron chi connectivity index (χ2n) is 8.15. The van der Waals surface area contributed by atoms with Crippen LogP contribution in [0.1, 0.15) is 43.9 Å². The summed E-state index contributed by atoms with van der Waals surface area (Å²) in [5.74, 6) is 0.740. The lowest BCUT2D eigenvalue weighted by Gasteiger charge is -2.49. The van der Waals surface area contributed by atoms with Crippen LogP contribution in [0.2, 0.25) is 0 Å². The summed E-state index contributed by atoms with van der Waals surface area (Å²) in [5.41, 5.74) is 2.13. The minimum atomic E-state index is 0.0949. The Morgan fingerprint density at radius 3 is 3.07 bits per heavy atom. The fourth-order valence-corrected chi connectivity index (χ4v) is 4.56. The Morgan fingerprint density at radius 1 is 1.39 bits per heavy atom. The summed E-state index contributed by atoms with van der Waals surface area (Å²) in [6, 6.07) is 4.35. The minimum Gasteiger partial charge on any atom is -0.352 e. The van der Waals surface area contributed by atoms with E-state index in [1.54, 1.807) is 12.4 Å². The highest BCUT2D eigenvalue weighted by atomic mass is 16.1. The summed E-state index contributed by atoms with van der Waals surface area (Å²) in [7, 11) is 0. The van der Waals surface area contributed by atoms with Crippen molar-refractivity contribution in [3.8, 4) is 0 Å². The number of nitrogens with zero attached hydrogens (tertiary/aromatic N) is 5. The Labute approximate surface area is 166 Å². The average Bonchev–Trinajstić information content (AvgIpc) is 3.19. The number of carbonyl (C=O) groups excluding carboxylic acids is 1. The molecule has 2 bridgehead atoms. The summed E-state index contributed by atoms with van der Waals surface area (Å²) in [5, 5.41) is 11.7. The van der Waals surface area contributed by atoms with E-state index in [-0.39, 0.29) is 11.8 Å². The lowest BCUT2D eigenvalue weighted by atomic mass is 9.75. The standard InChI is InChI=1S/C21H30N6O/c1-2-3-6-18-13-27(25-24-18)14-19-10-17-7-9-26(19)15-20(17)21(28)23-12-16-5-4-8-22-11-16/h4-5,8,11,13,17,19-20H,2-3,6-7,9-10,12,14-15H2,1H3,(H,23,28)/t17-,19-,20+/m1/s1. The van der Waals surface area contributed by atoms with Crippen molar-refractivity contribution in [3.05, 3.63) is 42.0 Å². The Balaban J connectivity index is 1.30. The van der Waals surface area contributed by atoms with Gasteiger partial charge in [-0.2, -0.15) is 0 Å². The molecular weight excluding hydrogens is 352 g/mol. The summed E-state index contributed by atoms with van der Waals surface area (Å²) in [6.07, 6.45) is 11.2. The van der Waals surface area contributed by atoms with Gasteiger partial charge in [0.05, 0.1) is 18.2 Å². The molecule has 5 heterocycles. The van der Waals surface area contributed by atoms with Gasteiger partial charge in [0.1, 0.15) is 0 Å². The maximum absolute atomic E-state index is 12.7. The molecule has 28 heavy (non-hydrogen) atoms. The smallest absolute Gasteiger partial charge is 0.224 e. The number of nitrogens with one attached hydrogen (secondary N) is 1. The lowest BCUT2D eigenvalue weighted by molar-refractivity contribution is -0.133. The molecule has 2 aromatic heterocycles. The fraction of sp³-hybridized carbons (Fsp3) is 0.619. The fourth-order valence-electron chi connectivity index (χ4n) is 4.56. The van der Waals surface area contributed by atoms with E-state index in [0.717, 1.165) is 56.6 Å². The molecule has 0 spiro atoms. The van der Waals surface area contributed by atoms with Crippen LogP contribution in [-0.4, -0.2) is 49.9 Å². The van der Waals surface area contributed by atoms with Crippen LogP contribution in [-0.2, 0) is 24.3 Å². The number of aromatic nitrogens is 4. The topological polar surface area (TPSA) is 75.9 Å². The predicted molar refractivity (Wildman–Crippen MR) is 106 cm³/mol. The van der Waals surface area contributed by atoms with Gasteiger partial charge in [0, 0.05) is 37.7 Å². The number of fused-ring (bicyclic) bond motifs is 3. The third-order valence-corrected chi connectivity index (χ3v) is 6.18. The molecular formula is C21H30N6O. The molecule has 0 saturated carbocycles. The number of pyridine rings is 1. The Bertz CT molecular complexity index is 776. The largest absolute Gasteiger partial charge is 0.352 e. The molecule has 3 saturated heterocycles. The first kappa shape index (κ1) is 19.1. The van der Waals surface area contributed by atoms with Crippen LogP contribution in [0, 0.1) is 11.8 Å². The number of amides is 1. The van der Waals surface area contributed by atoms with Crippen LogP contribution in [0.15, 0.2) is 30.7 Å². The first-order valence-electron chi connectivity index (χ1n) is 10.5. The molecule has 1 unspecified atom stereocenters. The zero-order valence-corrected chi connectivity index (χ0v) is 16.6. The van der Waals surface area contributed by atoms with Crippen molar-refractivity contribution < 1.29 is 4.79 Å². The zero-order valence-electron chi connectivity index (χ0n) is 16.6. The normalized spacial score (nSPS) is 26.3. The van der Waals surface area contributed by atoms with Gasteiger partial charge < -0.3 is 5.32 Å². The van der Waals surface area contributed by atoms with Crippen LogP contribution in [0.4, 0.5) is 0 Å². The van der Waals surface area contributed by atoms with Crippen molar-refractivity contribution in [1.29, 1.82) is 0 Å². The van der Waals surface area contributed by atoms with Gasteiger partial charge in [-0.3, -0.25) is 19.4 Å². The molecule has 3 fully saturated rings. The van der Waals surface area contributed by atoms with Crippen molar-refractivity contribution in [2.24, 2.45) is 11.8 Å². The monoisotopic (exact) mass is 382 g/mol. The molecule has 4 atom stereocenters. The third-order valence-electron chi connectivity index (χ3n) is 6.18. The van der Waals surface area contributed by atoms with Crippen molar-refractivity contribution in [2.75, 3.05) is 13.1 Å². The first-order valence-corrected chi connectivity index (χ1v) is 10.5. The molecule has 1 N–H and O–H groups in total. The van der Waals surface area contributed by atoms with E-state index < -0.39 is 0 Å². The van der Waals surface area contributed by atoms with Gasteiger partial charge in [0.15, 0.2) is 0 Å². The number of hydrogen-bond acceptors (Lipinski definition) is 5. The zero-order chi connectivity index (χ0) is 19.3. The van der Waals surface area contributed by atoms with E-state index >= 15 is 0 Å². The second kappa shape index (κ2) is 8.82. The average molecular weight is 383 g/mol. The van der Waals surface area contributed by atoms with Crippen LogP contribution in [0.25, 0.3) is 0 Å². The molecule has 7 nitrogen and oxygen atoms in total. The molecule has 2 aromatic rings. The number of rotatable bonds is 8. The molecule has 150 valence electrons. The Kier molecular flexibility index (Phi) is 6.00. The third kappa shape index (κ3) is 4.41. The van der Waals surface area contributed by atoms with E-state index in [2.05, 4.69) is 38.6 Å². The highest BCUT2D eigenvalue weighted by Crippen LogP contribution is 2.37. The predicted octanol–water partition coefficient (Wildman–Crippen LogP) is 2.04. The van der Waals surface area contributed by atoms with Gasteiger partial charge in [0.25, 0.3) is 0 Å². The van der Waals surface area contributed by atoms with Crippen LogP contribution in [0.3, 0.4) is 0 Å². The maximum atomic E-state index is 12.7. The number of hydrogen-bond donors (Lipinski definition) is 1. The molecule has 0 aliphatic carbocycles. The quantitative estimate of drug-likeness (QED) is 0.756. The summed E-state index contributed by atoms with van der Waals surface area (Å²) >= 11 is 0. The SMILES string of the molecule is CCCCc1cn(C[C@H]2C[C@H]3CCN2C[C@@H]3C(=O)NCc2cccnc2)nn1. The molecule has 3 aliphatic rings. The summed E-state index contributed by atoms with van der Waals surface area (Å²) in [4.78, 5) is 19.3. The molecule has 7 heteroatoms. The van der Waals surface area contributed by atoms with Crippen LogP contribution < -0.4 is 5.32 Å². The number of aryl methyl sites for hydroxylation is 1. The van der Waals surface area contributed by atoms with Crippen LogP contribution >= 0.6 is 0 Å². The van der Waals surface area contributed by atoms with Gasteiger partial charge in [-0.05, 0) is 49.8 Å². The van der Waals surface area contributed by atoms with E-state index in [1.807, 2.05) is 16.8 Å². The van der Waals surface area contributed by atoms with E-state index in [9.17, 15) is 4.79 Å². The highest BCUT2D eigenvalue weighted by Gasteiger charge is 2.43. The minimum absolute atomic E-state index is 0.0949. The second-order valence-corrected chi connectivity index (χ2v) is 8.15. The molecule has 0 aromatic carbocycles.